The van der Waals surface area contributed by atoms with Gasteiger partial charge in [-0.25, -0.2) is 13.1 Å². The van der Waals surface area contributed by atoms with Crippen LogP contribution in [0.25, 0.3) is 0 Å². The van der Waals surface area contributed by atoms with Gasteiger partial charge in [-0.05, 0) is 11.8 Å². The van der Waals surface area contributed by atoms with Crippen molar-refractivity contribution in [2.45, 2.75) is 43.3 Å². The Morgan fingerprint density at radius 3 is 2.52 bits per heavy atom. The fourth-order valence-corrected chi connectivity index (χ4v) is 4.93. The lowest BCUT2D eigenvalue weighted by Crippen LogP contribution is -2.31. The molecule has 0 radical (unpaired) electrons. The Kier molecular flexibility index (Phi) is 6.26. The van der Waals surface area contributed by atoms with Gasteiger partial charge in [0.05, 0.1) is 0 Å². The highest BCUT2D eigenvalue weighted by Gasteiger charge is 2.23. The Hall–Kier alpha value is -0.580. The number of sulfonamides is 1. The first kappa shape index (κ1) is 18.5. The van der Waals surface area contributed by atoms with Crippen molar-refractivity contribution in [2.75, 3.05) is 11.9 Å². The van der Waals surface area contributed by atoms with E-state index in [0.717, 1.165) is 17.8 Å². The van der Waals surface area contributed by atoms with Crippen molar-refractivity contribution in [3.8, 4) is 0 Å². The molecule has 0 bridgehead atoms. The van der Waals surface area contributed by atoms with E-state index in [1.807, 2.05) is 0 Å². The number of halogens is 1. The smallest absolute Gasteiger partial charge is 0.269 e. The van der Waals surface area contributed by atoms with Crippen LogP contribution in [0.1, 0.15) is 34.1 Å². The molecule has 2 N–H and O–H groups in total. The maximum absolute atomic E-state index is 12.1. The largest absolute Gasteiger partial charge is 0.301 e. The summed E-state index contributed by atoms with van der Waals surface area (Å²) in [7, 11) is -3.71. The van der Waals surface area contributed by atoms with E-state index < -0.39 is 10.0 Å². The third kappa shape index (κ3) is 6.81. The molecule has 0 aliphatic rings. The second-order valence-corrected chi connectivity index (χ2v) is 9.98. The zero-order valence-corrected chi connectivity index (χ0v) is 15.5. The summed E-state index contributed by atoms with van der Waals surface area (Å²) in [5, 5.41) is 9.75. The van der Waals surface area contributed by atoms with Crippen molar-refractivity contribution in [3.05, 3.63) is 0 Å². The van der Waals surface area contributed by atoms with Crippen molar-refractivity contribution in [1.82, 2.24) is 14.9 Å². The van der Waals surface area contributed by atoms with Gasteiger partial charge in [-0.1, -0.05) is 48.0 Å². The molecule has 1 aromatic heterocycles. The van der Waals surface area contributed by atoms with E-state index >= 15 is 0 Å². The van der Waals surface area contributed by atoms with Crippen LogP contribution in [0, 0.1) is 5.41 Å². The molecule has 10 heteroatoms. The molecule has 0 aliphatic heterocycles. The summed E-state index contributed by atoms with van der Waals surface area (Å²) in [6.07, 6.45) is 0.822. The number of nitrogens with one attached hydrogen (secondary N) is 2. The van der Waals surface area contributed by atoms with Crippen LogP contribution in [0.4, 0.5) is 5.13 Å². The molecule has 1 amide bonds. The van der Waals surface area contributed by atoms with Gasteiger partial charge in [-0.2, -0.15) is 0 Å². The van der Waals surface area contributed by atoms with Crippen molar-refractivity contribution >= 4 is 48.3 Å². The van der Waals surface area contributed by atoms with Gasteiger partial charge in [0.15, 0.2) is 0 Å². The molecule has 1 unspecified atom stereocenters. The van der Waals surface area contributed by atoms with Gasteiger partial charge in [0.25, 0.3) is 10.0 Å². The highest BCUT2D eigenvalue weighted by Crippen LogP contribution is 2.25. The summed E-state index contributed by atoms with van der Waals surface area (Å²) >= 11 is 4.27. The lowest BCUT2D eigenvalue weighted by molar-refractivity contribution is -0.114. The number of carbonyl (C=O) groups excluding carboxylic acids is 1. The third-order valence-corrected chi connectivity index (χ3v) is 5.53. The first-order valence-electron chi connectivity index (χ1n) is 6.24. The van der Waals surface area contributed by atoms with E-state index in [1.165, 1.54) is 6.92 Å². The topological polar surface area (TPSA) is 101 Å². The minimum Gasteiger partial charge on any atom is -0.301 e. The molecule has 1 aromatic rings. The number of hydrogen-bond acceptors (Lipinski definition) is 6. The second-order valence-electron chi connectivity index (χ2n) is 5.77. The average molecular weight is 399 g/mol. The minimum absolute atomic E-state index is 0.0232. The highest BCUT2D eigenvalue weighted by molar-refractivity contribution is 9.09. The zero-order chi connectivity index (χ0) is 16.3. The Bertz CT molecular complexity index is 595. The van der Waals surface area contributed by atoms with Crippen LogP contribution in [-0.4, -0.2) is 35.9 Å². The Labute approximate surface area is 137 Å². The summed E-state index contributed by atoms with van der Waals surface area (Å²) in [4.78, 5) is 10.9. The molecule has 1 heterocycles. The molecule has 0 fully saturated rings. The predicted octanol–water partition coefficient (Wildman–Crippen LogP) is 1.97. The fraction of sp³-hybridized carbons (Fsp3) is 0.727. The molecule has 21 heavy (non-hydrogen) atoms. The van der Waals surface area contributed by atoms with Crippen molar-refractivity contribution in [3.63, 3.8) is 0 Å². The maximum atomic E-state index is 12.1. The average Bonchev–Trinajstić information content (AvgIpc) is 2.72. The number of aromatic nitrogens is 2. The molecular formula is C11H19BrN4O3S2. The van der Waals surface area contributed by atoms with Crippen LogP contribution in [0.15, 0.2) is 4.34 Å². The van der Waals surface area contributed by atoms with Gasteiger partial charge in [0.1, 0.15) is 0 Å². The van der Waals surface area contributed by atoms with Crippen LogP contribution in [0.3, 0.4) is 0 Å². The van der Waals surface area contributed by atoms with Crippen molar-refractivity contribution < 1.29 is 13.2 Å². The zero-order valence-electron chi connectivity index (χ0n) is 12.3. The number of rotatable bonds is 6. The number of hydrogen-bond donors (Lipinski definition) is 2. The monoisotopic (exact) mass is 398 g/mol. The second kappa shape index (κ2) is 7.12. The number of alkyl halides is 1. The Morgan fingerprint density at radius 2 is 2.00 bits per heavy atom. The Morgan fingerprint density at radius 1 is 1.38 bits per heavy atom. The molecule has 0 saturated heterocycles. The van der Waals surface area contributed by atoms with Gasteiger partial charge in [-0.15, -0.1) is 10.2 Å². The fourth-order valence-electron chi connectivity index (χ4n) is 1.52. The van der Waals surface area contributed by atoms with Gasteiger partial charge in [-0.3, -0.25) is 4.79 Å². The predicted molar refractivity (Wildman–Crippen MR) is 86.2 cm³/mol. The van der Waals surface area contributed by atoms with E-state index in [2.05, 4.69) is 56.9 Å². The van der Waals surface area contributed by atoms with E-state index in [-0.39, 0.29) is 32.2 Å². The van der Waals surface area contributed by atoms with Crippen LogP contribution < -0.4 is 10.0 Å². The van der Waals surface area contributed by atoms with E-state index in [4.69, 9.17) is 0 Å². The van der Waals surface area contributed by atoms with Crippen molar-refractivity contribution in [1.29, 1.82) is 0 Å². The van der Waals surface area contributed by atoms with Gasteiger partial charge < -0.3 is 5.32 Å². The van der Waals surface area contributed by atoms with E-state index in [0.29, 0.717) is 0 Å². The SMILES string of the molecule is CC(=O)Nc1nnc(S(=O)(=O)NCC(Br)CC(C)(C)C)s1. The molecule has 1 atom stereocenters. The van der Waals surface area contributed by atoms with Gasteiger partial charge >= 0.3 is 0 Å². The van der Waals surface area contributed by atoms with Crippen LogP contribution in [0.5, 0.6) is 0 Å². The standard InChI is InChI=1S/C11H19BrN4O3S2/c1-7(17)14-9-15-16-10(20-9)21(18,19)13-6-8(12)5-11(2,3)4/h8,13H,5-6H2,1-4H3,(H,14,15,17). The Balaban J connectivity index is 2.65. The lowest BCUT2D eigenvalue weighted by Gasteiger charge is -2.21. The van der Waals surface area contributed by atoms with Gasteiger partial charge in [0, 0.05) is 18.3 Å². The number of nitrogens with zero attached hydrogens (tertiary/aromatic N) is 2. The number of amides is 1. The van der Waals surface area contributed by atoms with Crippen LogP contribution in [-0.2, 0) is 14.8 Å². The molecule has 0 saturated carbocycles. The van der Waals surface area contributed by atoms with Crippen LogP contribution in [0.2, 0.25) is 0 Å². The summed E-state index contributed by atoms with van der Waals surface area (Å²) in [5.74, 6) is -0.325. The lowest BCUT2D eigenvalue weighted by atomic mass is 9.91. The normalized spacial score (nSPS) is 14.0. The molecular weight excluding hydrogens is 380 g/mol. The van der Waals surface area contributed by atoms with E-state index in [1.54, 1.807) is 0 Å². The number of carbonyl (C=O) groups is 1. The summed E-state index contributed by atoms with van der Waals surface area (Å²) < 4.78 is 26.4. The quantitative estimate of drug-likeness (QED) is 0.563. The first-order valence-corrected chi connectivity index (χ1v) is 9.46. The molecule has 0 aromatic carbocycles. The molecule has 0 spiro atoms. The highest BCUT2D eigenvalue weighted by atomic mass is 79.9. The molecule has 120 valence electrons. The number of anilines is 1. The first-order chi connectivity index (χ1) is 9.49. The van der Waals surface area contributed by atoms with Crippen molar-refractivity contribution in [2.24, 2.45) is 5.41 Å². The summed E-state index contributed by atoms with van der Waals surface area (Å²) in [5.41, 5.74) is 0.0981. The van der Waals surface area contributed by atoms with E-state index in [9.17, 15) is 13.2 Å². The molecule has 0 aliphatic carbocycles. The van der Waals surface area contributed by atoms with Crippen LogP contribution >= 0.6 is 27.3 Å². The molecule has 1 rings (SSSR count). The van der Waals surface area contributed by atoms with Gasteiger partial charge in [0.2, 0.25) is 15.4 Å². The maximum Gasteiger partial charge on any atom is 0.269 e. The minimum atomic E-state index is -3.71. The third-order valence-electron chi connectivity index (χ3n) is 2.25. The summed E-state index contributed by atoms with van der Waals surface area (Å²) in [6, 6.07) is 0. The summed E-state index contributed by atoms with van der Waals surface area (Å²) in [6.45, 7) is 7.82. The molecule has 7 nitrogen and oxygen atoms in total.